The summed E-state index contributed by atoms with van der Waals surface area (Å²) >= 11 is 0. The lowest BCUT2D eigenvalue weighted by Crippen LogP contribution is -2.43. The lowest BCUT2D eigenvalue weighted by molar-refractivity contribution is -0.121. The Hall–Kier alpha value is -1.35. The SMILES string of the molecule is Cc1ccccc1[C@H](C)NC(=O)CNC(C)(C)C. The van der Waals surface area contributed by atoms with Gasteiger partial charge in [-0.1, -0.05) is 24.3 Å². The molecule has 0 fully saturated rings. The molecule has 1 aromatic carbocycles. The summed E-state index contributed by atoms with van der Waals surface area (Å²) in [6, 6.07) is 8.16. The number of nitrogens with one attached hydrogen (secondary N) is 2. The van der Waals surface area contributed by atoms with Crippen molar-refractivity contribution in [3.05, 3.63) is 35.4 Å². The maximum absolute atomic E-state index is 11.8. The van der Waals surface area contributed by atoms with Crippen LogP contribution in [0.25, 0.3) is 0 Å². The zero-order chi connectivity index (χ0) is 13.8. The molecule has 0 saturated heterocycles. The Morgan fingerprint density at radius 2 is 1.89 bits per heavy atom. The first-order chi connectivity index (χ1) is 8.29. The second-order valence-electron chi connectivity index (χ2n) is 5.75. The molecule has 1 rings (SSSR count). The molecule has 1 amide bonds. The van der Waals surface area contributed by atoms with Crippen molar-refractivity contribution in [3.63, 3.8) is 0 Å². The highest BCUT2D eigenvalue weighted by Gasteiger charge is 2.14. The molecule has 0 radical (unpaired) electrons. The van der Waals surface area contributed by atoms with Crippen LogP contribution in [0.4, 0.5) is 0 Å². The van der Waals surface area contributed by atoms with Crippen LogP contribution < -0.4 is 10.6 Å². The average molecular weight is 248 g/mol. The third kappa shape index (κ3) is 4.88. The van der Waals surface area contributed by atoms with Crippen molar-refractivity contribution < 1.29 is 4.79 Å². The molecule has 1 atom stereocenters. The molecular weight excluding hydrogens is 224 g/mol. The van der Waals surface area contributed by atoms with Gasteiger partial charge in [-0.15, -0.1) is 0 Å². The van der Waals surface area contributed by atoms with Crippen LogP contribution in [0.15, 0.2) is 24.3 Å². The van der Waals surface area contributed by atoms with E-state index in [1.54, 1.807) is 0 Å². The van der Waals surface area contributed by atoms with E-state index in [1.807, 2.05) is 39.8 Å². The van der Waals surface area contributed by atoms with Crippen LogP contribution in [-0.4, -0.2) is 18.0 Å². The van der Waals surface area contributed by atoms with Gasteiger partial charge in [0, 0.05) is 5.54 Å². The Bertz CT molecular complexity index is 407. The molecule has 0 aliphatic heterocycles. The Morgan fingerprint density at radius 3 is 2.44 bits per heavy atom. The summed E-state index contributed by atoms with van der Waals surface area (Å²) in [6.45, 7) is 10.6. The minimum Gasteiger partial charge on any atom is -0.348 e. The van der Waals surface area contributed by atoms with E-state index in [0.29, 0.717) is 6.54 Å². The minimum atomic E-state index is -0.0385. The van der Waals surface area contributed by atoms with E-state index in [-0.39, 0.29) is 17.5 Å². The number of benzene rings is 1. The van der Waals surface area contributed by atoms with Crippen LogP contribution in [0.5, 0.6) is 0 Å². The maximum atomic E-state index is 11.8. The predicted molar refractivity (Wildman–Crippen MR) is 75.5 cm³/mol. The number of carbonyl (C=O) groups excluding carboxylic acids is 1. The zero-order valence-electron chi connectivity index (χ0n) is 12.0. The highest BCUT2D eigenvalue weighted by Crippen LogP contribution is 2.16. The summed E-state index contributed by atoms with van der Waals surface area (Å²) in [6.07, 6.45) is 0. The smallest absolute Gasteiger partial charge is 0.234 e. The number of carbonyl (C=O) groups is 1. The van der Waals surface area contributed by atoms with Gasteiger partial charge in [-0.05, 0) is 45.7 Å². The minimum absolute atomic E-state index is 0.0284. The fourth-order valence-electron chi connectivity index (χ4n) is 1.79. The van der Waals surface area contributed by atoms with Crippen molar-refractivity contribution in [1.29, 1.82) is 0 Å². The van der Waals surface area contributed by atoms with Gasteiger partial charge in [-0.25, -0.2) is 0 Å². The van der Waals surface area contributed by atoms with E-state index in [4.69, 9.17) is 0 Å². The molecule has 0 heterocycles. The number of aryl methyl sites for hydroxylation is 1. The fourth-order valence-corrected chi connectivity index (χ4v) is 1.79. The fraction of sp³-hybridized carbons (Fsp3) is 0.533. The predicted octanol–water partition coefficient (Wildman–Crippen LogP) is 2.56. The van der Waals surface area contributed by atoms with Crippen molar-refractivity contribution in [3.8, 4) is 0 Å². The first-order valence-electron chi connectivity index (χ1n) is 6.39. The summed E-state index contributed by atoms with van der Waals surface area (Å²) in [5.41, 5.74) is 2.33. The van der Waals surface area contributed by atoms with Gasteiger partial charge in [0.1, 0.15) is 0 Å². The van der Waals surface area contributed by atoms with Crippen molar-refractivity contribution in [2.24, 2.45) is 0 Å². The van der Waals surface area contributed by atoms with E-state index < -0.39 is 0 Å². The Kier molecular flexibility index (Phi) is 4.91. The van der Waals surface area contributed by atoms with Gasteiger partial charge < -0.3 is 10.6 Å². The molecule has 1 aromatic rings. The van der Waals surface area contributed by atoms with Gasteiger partial charge in [0.25, 0.3) is 0 Å². The molecule has 3 heteroatoms. The van der Waals surface area contributed by atoms with Crippen LogP contribution >= 0.6 is 0 Å². The molecule has 18 heavy (non-hydrogen) atoms. The van der Waals surface area contributed by atoms with E-state index in [9.17, 15) is 4.79 Å². The zero-order valence-corrected chi connectivity index (χ0v) is 12.0. The molecule has 0 aromatic heterocycles. The standard InChI is InChI=1S/C15H24N2O/c1-11-8-6-7-9-13(11)12(2)17-14(18)10-16-15(3,4)5/h6-9,12,16H,10H2,1-5H3,(H,17,18)/t12-/m0/s1. The van der Waals surface area contributed by atoms with Gasteiger partial charge in [0.15, 0.2) is 0 Å². The molecule has 0 aliphatic carbocycles. The highest BCUT2D eigenvalue weighted by molar-refractivity contribution is 5.78. The third-order valence-electron chi connectivity index (χ3n) is 2.81. The molecular formula is C15H24N2O. The summed E-state index contributed by atoms with van der Waals surface area (Å²) in [7, 11) is 0. The normalized spacial score (nSPS) is 13.2. The molecule has 3 nitrogen and oxygen atoms in total. The summed E-state index contributed by atoms with van der Waals surface area (Å²) < 4.78 is 0. The number of amides is 1. The average Bonchev–Trinajstić information content (AvgIpc) is 2.26. The molecule has 2 N–H and O–H groups in total. The maximum Gasteiger partial charge on any atom is 0.234 e. The van der Waals surface area contributed by atoms with E-state index >= 15 is 0 Å². The Labute approximate surface area is 110 Å². The van der Waals surface area contributed by atoms with Crippen molar-refractivity contribution >= 4 is 5.91 Å². The topological polar surface area (TPSA) is 41.1 Å². The second kappa shape index (κ2) is 6.01. The van der Waals surface area contributed by atoms with Crippen LogP contribution in [0.3, 0.4) is 0 Å². The number of rotatable bonds is 4. The first-order valence-corrected chi connectivity index (χ1v) is 6.39. The van der Waals surface area contributed by atoms with Crippen LogP contribution in [0, 0.1) is 6.92 Å². The molecule has 0 bridgehead atoms. The van der Waals surface area contributed by atoms with Gasteiger partial charge in [0.05, 0.1) is 12.6 Å². The Balaban J connectivity index is 2.53. The van der Waals surface area contributed by atoms with Crippen LogP contribution in [-0.2, 0) is 4.79 Å². The third-order valence-corrected chi connectivity index (χ3v) is 2.81. The first kappa shape index (κ1) is 14.7. The number of hydrogen-bond acceptors (Lipinski definition) is 2. The van der Waals surface area contributed by atoms with Gasteiger partial charge in [-0.2, -0.15) is 0 Å². The van der Waals surface area contributed by atoms with E-state index in [2.05, 4.69) is 29.7 Å². The van der Waals surface area contributed by atoms with Crippen LogP contribution in [0.1, 0.15) is 44.9 Å². The summed E-state index contributed by atoms with van der Waals surface area (Å²) in [4.78, 5) is 11.8. The summed E-state index contributed by atoms with van der Waals surface area (Å²) in [5, 5.41) is 6.19. The second-order valence-corrected chi connectivity index (χ2v) is 5.75. The summed E-state index contributed by atoms with van der Waals surface area (Å²) in [5.74, 6) is 0.0284. The van der Waals surface area contributed by atoms with Gasteiger partial charge in [0.2, 0.25) is 5.91 Å². The van der Waals surface area contributed by atoms with Crippen LogP contribution in [0.2, 0.25) is 0 Å². The lowest BCUT2D eigenvalue weighted by Gasteiger charge is -2.22. The molecule has 0 unspecified atom stereocenters. The van der Waals surface area contributed by atoms with Crippen molar-refractivity contribution in [1.82, 2.24) is 10.6 Å². The Morgan fingerprint density at radius 1 is 1.28 bits per heavy atom. The van der Waals surface area contributed by atoms with Crippen molar-refractivity contribution in [2.45, 2.75) is 46.2 Å². The molecule has 100 valence electrons. The molecule has 0 spiro atoms. The van der Waals surface area contributed by atoms with E-state index in [1.165, 1.54) is 11.1 Å². The lowest BCUT2D eigenvalue weighted by atomic mass is 10.0. The van der Waals surface area contributed by atoms with Gasteiger partial charge >= 0.3 is 0 Å². The molecule has 0 aliphatic rings. The highest BCUT2D eigenvalue weighted by atomic mass is 16.1. The monoisotopic (exact) mass is 248 g/mol. The van der Waals surface area contributed by atoms with Crippen molar-refractivity contribution in [2.75, 3.05) is 6.54 Å². The van der Waals surface area contributed by atoms with Gasteiger partial charge in [-0.3, -0.25) is 4.79 Å². The van der Waals surface area contributed by atoms with E-state index in [0.717, 1.165) is 0 Å². The largest absolute Gasteiger partial charge is 0.348 e. The molecule has 0 saturated carbocycles. The number of hydrogen-bond donors (Lipinski definition) is 2. The quantitative estimate of drug-likeness (QED) is 0.860.